The lowest BCUT2D eigenvalue weighted by Gasteiger charge is -2.18. The molecule has 1 aliphatic carbocycles. The van der Waals surface area contributed by atoms with Crippen LogP contribution in [0.3, 0.4) is 0 Å². The number of fused-ring (bicyclic) bond motifs is 2. The fraction of sp³-hybridized carbons (Fsp3) is 0.471. The zero-order valence-electron chi connectivity index (χ0n) is 13.9. The Labute approximate surface area is 144 Å². The van der Waals surface area contributed by atoms with Crippen LogP contribution in [-0.2, 0) is 12.8 Å². The molecule has 1 saturated heterocycles. The van der Waals surface area contributed by atoms with Crippen molar-refractivity contribution in [2.24, 2.45) is 5.92 Å². The Bertz CT molecular complexity index is 909. The van der Waals surface area contributed by atoms with Crippen molar-refractivity contribution >= 4 is 16.9 Å². The first-order valence-corrected chi connectivity index (χ1v) is 8.74. The third-order valence-corrected chi connectivity index (χ3v) is 5.08. The van der Waals surface area contributed by atoms with E-state index in [4.69, 9.17) is 4.74 Å². The van der Waals surface area contributed by atoms with Gasteiger partial charge in [-0.2, -0.15) is 10.2 Å². The topological polar surface area (TPSA) is 92.7 Å². The number of rotatable bonds is 4. The molecule has 1 fully saturated rings. The minimum Gasteiger partial charge on any atom is -0.476 e. The highest BCUT2D eigenvalue weighted by Gasteiger charge is 2.26. The fourth-order valence-electron chi connectivity index (χ4n) is 3.75. The number of nitrogens with zero attached hydrogens (tertiary/aromatic N) is 6. The Kier molecular flexibility index (Phi) is 3.46. The second-order valence-corrected chi connectivity index (χ2v) is 6.75. The predicted molar refractivity (Wildman–Crippen MR) is 91.6 cm³/mol. The number of H-pyrrole nitrogens is 1. The number of aromatic amines is 1. The van der Waals surface area contributed by atoms with Crippen molar-refractivity contribution in [2.75, 3.05) is 24.6 Å². The average molecular weight is 337 g/mol. The van der Waals surface area contributed by atoms with Gasteiger partial charge in [-0.1, -0.05) is 0 Å². The highest BCUT2D eigenvalue weighted by molar-refractivity contribution is 5.86. The Balaban J connectivity index is 1.24. The molecule has 0 aromatic carbocycles. The molecule has 0 radical (unpaired) electrons. The summed E-state index contributed by atoms with van der Waals surface area (Å²) in [5.41, 5.74) is 3.20. The highest BCUT2D eigenvalue weighted by atomic mass is 16.5. The van der Waals surface area contributed by atoms with Crippen LogP contribution in [0.1, 0.15) is 24.1 Å². The van der Waals surface area contributed by atoms with Gasteiger partial charge >= 0.3 is 0 Å². The second kappa shape index (κ2) is 5.94. The molecule has 2 aliphatic rings. The zero-order valence-corrected chi connectivity index (χ0v) is 13.9. The summed E-state index contributed by atoms with van der Waals surface area (Å²) in [6, 6.07) is 2.06. The van der Waals surface area contributed by atoms with Crippen molar-refractivity contribution in [3.8, 4) is 5.88 Å². The summed E-state index contributed by atoms with van der Waals surface area (Å²) in [5.74, 6) is 2.05. The summed E-state index contributed by atoms with van der Waals surface area (Å²) >= 11 is 0. The van der Waals surface area contributed by atoms with Gasteiger partial charge in [-0.3, -0.25) is 5.10 Å². The first-order chi connectivity index (χ1) is 12.4. The lowest BCUT2D eigenvalue weighted by molar-refractivity contribution is 0.249. The monoisotopic (exact) mass is 337 g/mol. The van der Waals surface area contributed by atoms with Gasteiger partial charge in [0.1, 0.15) is 12.1 Å². The summed E-state index contributed by atoms with van der Waals surface area (Å²) in [7, 11) is 0. The van der Waals surface area contributed by atoms with Crippen LogP contribution >= 0.6 is 0 Å². The van der Waals surface area contributed by atoms with Gasteiger partial charge in [-0.15, -0.1) is 5.10 Å². The first kappa shape index (κ1) is 14.6. The van der Waals surface area contributed by atoms with Gasteiger partial charge in [0.25, 0.3) is 0 Å². The molecule has 1 N–H and O–H groups in total. The quantitative estimate of drug-likeness (QED) is 0.772. The predicted octanol–water partition coefficient (Wildman–Crippen LogP) is 1.54. The van der Waals surface area contributed by atoms with Crippen molar-refractivity contribution in [1.82, 2.24) is 30.4 Å². The van der Waals surface area contributed by atoms with Gasteiger partial charge in [0, 0.05) is 25.1 Å². The Morgan fingerprint density at radius 1 is 1.24 bits per heavy atom. The van der Waals surface area contributed by atoms with Crippen molar-refractivity contribution in [1.29, 1.82) is 0 Å². The normalized spacial score (nSPS) is 19.5. The molecule has 3 aromatic heterocycles. The molecule has 3 aromatic rings. The molecule has 5 rings (SSSR count). The number of anilines is 1. The average Bonchev–Trinajstić information content (AvgIpc) is 3.38. The van der Waals surface area contributed by atoms with E-state index < -0.39 is 0 Å². The van der Waals surface area contributed by atoms with E-state index in [1.54, 1.807) is 12.5 Å². The summed E-state index contributed by atoms with van der Waals surface area (Å²) in [6.07, 6.45) is 7.75. The minimum atomic E-state index is 0.451. The molecular weight excluding hydrogens is 318 g/mol. The van der Waals surface area contributed by atoms with Crippen LogP contribution in [0.25, 0.3) is 11.0 Å². The van der Waals surface area contributed by atoms with Gasteiger partial charge < -0.3 is 9.64 Å². The van der Waals surface area contributed by atoms with Crippen LogP contribution in [0.5, 0.6) is 5.88 Å². The second-order valence-electron chi connectivity index (χ2n) is 6.75. The molecule has 0 saturated carbocycles. The molecule has 8 nitrogen and oxygen atoms in total. The molecule has 4 heterocycles. The van der Waals surface area contributed by atoms with E-state index in [9.17, 15) is 0 Å². The molecule has 25 heavy (non-hydrogen) atoms. The Morgan fingerprint density at radius 2 is 2.24 bits per heavy atom. The number of aromatic nitrogens is 6. The zero-order chi connectivity index (χ0) is 16.6. The van der Waals surface area contributed by atoms with Gasteiger partial charge in [0.2, 0.25) is 5.88 Å². The largest absolute Gasteiger partial charge is 0.476 e. The van der Waals surface area contributed by atoms with Gasteiger partial charge in [-0.25, -0.2) is 9.97 Å². The molecule has 1 atom stereocenters. The van der Waals surface area contributed by atoms with Crippen LogP contribution in [0, 0.1) is 5.92 Å². The molecule has 8 heteroatoms. The minimum absolute atomic E-state index is 0.451. The molecule has 0 bridgehead atoms. The van der Waals surface area contributed by atoms with Crippen molar-refractivity contribution < 1.29 is 4.74 Å². The first-order valence-electron chi connectivity index (χ1n) is 8.74. The van der Waals surface area contributed by atoms with E-state index >= 15 is 0 Å². The van der Waals surface area contributed by atoms with Crippen molar-refractivity contribution in [2.45, 2.75) is 25.7 Å². The van der Waals surface area contributed by atoms with Crippen LogP contribution in [0.4, 0.5) is 5.82 Å². The molecule has 128 valence electrons. The smallest absolute Gasteiger partial charge is 0.233 e. The number of ether oxygens (including phenoxy) is 1. The maximum absolute atomic E-state index is 5.92. The lowest BCUT2D eigenvalue weighted by Crippen LogP contribution is -2.23. The molecule has 1 aliphatic heterocycles. The lowest BCUT2D eigenvalue weighted by atomic mass is 10.1. The molecule has 1 unspecified atom stereocenters. The van der Waals surface area contributed by atoms with E-state index in [0.717, 1.165) is 54.9 Å². The molecule has 0 amide bonds. The molecular formula is C17H19N7O. The SMILES string of the molecule is c1nc(N2CCC(COc3cc4c(nn3)CCC4)C2)c2cn[nH]c2n1. The van der Waals surface area contributed by atoms with E-state index in [1.807, 2.05) is 0 Å². The maximum Gasteiger partial charge on any atom is 0.233 e. The van der Waals surface area contributed by atoms with Crippen molar-refractivity contribution in [3.05, 3.63) is 29.8 Å². The Morgan fingerprint density at radius 3 is 3.24 bits per heavy atom. The van der Waals surface area contributed by atoms with E-state index in [2.05, 4.69) is 41.3 Å². The summed E-state index contributed by atoms with van der Waals surface area (Å²) in [5, 5.41) is 16.4. The third-order valence-electron chi connectivity index (χ3n) is 5.08. The molecule has 0 spiro atoms. The van der Waals surface area contributed by atoms with Gasteiger partial charge in [-0.05, 0) is 31.2 Å². The number of aryl methyl sites for hydroxylation is 2. The summed E-state index contributed by atoms with van der Waals surface area (Å²) < 4.78 is 5.92. The fourth-order valence-corrected chi connectivity index (χ4v) is 3.75. The number of nitrogens with one attached hydrogen (secondary N) is 1. The summed E-state index contributed by atoms with van der Waals surface area (Å²) in [6.45, 7) is 2.53. The van der Waals surface area contributed by atoms with Gasteiger partial charge in [0.15, 0.2) is 5.65 Å². The van der Waals surface area contributed by atoms with E-state index in [-0.39, 0.29) is 0 Å². The Hall–Kier alpha value is -2.77. The van der Waals surface area contributed by atoms with Gasteiger partial charge in [0.05, 0.1) is 23.9 Å². The van der Waals surface area contributed by atoms with E-state index in [1.165, 1.54) is 12.0 Å². The third kappa shape index (κ3) is 2.67. The standard InChI is InChI=1S/C17H19N7O/c1-2-12-6-15(22-21-14(12)3-1)25-9-11-4-5-24(8-11)17-13-7-20-23-16(13)18-10-19-17/h6-7,10-11H,1-5,8-9H2,(H,18,19,20,23). The summed E-state index contributed by atoms with van der Waals surface area (Å²) in [4.78, 5) is 10.9. The number of hydrogen-bond donors (Lipinski definition) is 1. The van der Waals surface area contributed by atoms with Crippen LogP contribution < -0.4 is 9.64 Å². The van der Waals surface area contributed by atoms with Crippen LogP contribution in [-0.4, -0.2) is 50.1 Å². The maximum atomic E-state index is 5.92. The van der Waals surface area contributed by atoms with Crippen LogP contribution in [0.15, 0.2) is 18.6 Å². The van der Waals surface area contributed by atoms with Crippen molar-refractivity contribution in [3.63, 3.8) is 0 Å². The van der Waals surface area contributed by atoms with E-state index in [0.29, 0.717) is 18.4 Å². The number of hydrogen-bond acceptors (Lipinski definition) is 7. The van der Waals surface area contributed by atoms with Crippen LogP contribution in [0.2, 0.25) is 0 Å². The highest BCUT2D eigenvalue weighted by Crippen LogP contribution is 2.28.